The Labute approximate surface area is 137 Å². The number of nitrogens with one attached hydrogen (secondary N) is 1. The van der Waals surface area contributed by atoms with Crippen LogP contribution in [0.4, 0.5) is 11.6 Å². The van der Waals surface area contributed by atoms with Crippen molar-refractivity contribution in [1.29, 1.82) is 0 Å². The third kappa shape index (κ3) is 4.77. The molecule has 2 rings (SSSR count). The molecular formula is C18H24N4O. The lowest BCUT2D eigenvalue weighted by atomic mass is 10.1. The number of nitrogens with zero attached hydrogens (tertiary/aromatic N) is 3. The van der Waals surface area contributed by atoms with Crippen molar-refractivity contribution in [2.75, 3.05) is 23.8 Å². The van der Waals surface area contributed by atoms with Gasteiger partial charge in [-0.05, 0) is 37.5 Å². The van der Waals surface area contributed by atoms with Gasteiger partial charge in [0.05, 0.1) is 0 Å². The molecule has 0 saturated carbocycles. The Morgan fingerprint density at radius 2 is 1.91 bits per heavy atom. The summed E-state index contributed by atoms with van der Waals surface area (Å²) in [5, 5.41) is 3.20. The van der Waals surface area contributed by atoms with Crippen molar-refractivity contribution in [2.45, 2.75) is 27.2 Å². The van der Waals surface area contributed by atoms with Crippen molar-refractivity contribution in [3.8, 4) is 0 Å². The molecule has 122 valence electrons. The summed E-state index contributed by atoms with van der Waals surface area (Å²) in [5.41, 5.74) is 2.01. The third-order valence-electron chi connectivity index (χ3n) is 3.53. The topological polar surface area (TPSA) is 58.1 Å². The molecule has 0 radical (unpaired) electrons. The first-order chi connectivity index (χ1) is 11.0. The maximum Gasteiger partial charge on any atom is 0.276 e. The highest BCUT2D eigenvalue weighted by atomic mass is 16.2. The standard InChI is InChI=1S/C18H24N4O/c1-13(2)10-11-19-18-20-14(3)12-16(21-18)17(23)22(4)15-8-6-5-7-9-15/h5-9,12-13H,10-11H2,1-4H3,(H,19,20,21). The average molecular weight is 312 g/mol. The number of para-hydroxylation sites is 1. The van der Waals surface area contributed by atoms with E-state index in [1.165, 1.54) is 0 Å². The van der Waals surface area contributed by atoms with Crippen molar-refractivity contribution in [2.24, 2.45) is 5.92 Å². The van der Waals surface area contributed by atoms with E-state index in [-0.39, 0.29) is 5.91 Å². The Morgan fingerprint density at radius 3 is 2.57 bits per heavy atom. The van der Waals surface area contributed by atoms with Gasteiger partial charge in [0.25, 0.3) is 5.91 Å². The number of anilines is 2. The highest BCUT2D eigenvalue weighted by molar-refractivity contribution is 6.04. The first-order valence-corrected chi connectivity index (χ1v) is 7.90. The van der Waals surface area contributed by atoms with Gasteiger partial charge in [-0.25, -0.2) is 9.97 Å². The molecule has 0 aliphatic rings. The zero-order valence-corrected chi connectivity index (χ0v) is 14.2. The van der Waals surface area contributed by atoms with Crippen LogP contribution >= 0.6 is 0 Å². The molecule has 0 aliphatic heterocycles. The lowest BCUT2D eigenvalue weighted by Crippen LogP contribution is -2.27. The Hall–Kier alpha value is -2.43. The van der Waals surface area contributed by atoms with Crippen molar-refractivity contribution in [3.63, 3.8) is 0 Å². The summed E-state index contributed by atoms with van der Waals surface area (Å²) >= 11 is 0. The van der Waals surface area contributed by atoms with E-state index in [9.17, 15) is 4.79 Å². The summed E-state index contributed by atoms with van der Waals surface area (Å²) in [7, 11) is 1.75. The van der Waals surface area contributed by atoms with Gasteiger partial charge in [0.1, 0.15) is 5.69 Å². The Bertz CT molecular complexity index is 655. The number of carbonyl (C=O) groups excluding carboxylic acids is 1. The van der Waals surface area contributed by atoms with Gasteiger partial charge in [-0.15, -0.1) is 0 Å². The molecule has 0 atom stereocenters. The molecule has 0 spiro atoms. The van der Waals surface area contributed by atoms with E-state index in [1.807, 2.05) is 37.3 Å². The van der Waals surface area contributed by atoms with Gasteiger partial charge in [0.15, 0.2) is 0 Å². The van der Waals surface area contributed by atoms with E-state index in [4.69, 9.17) is 0 Å². The number of aromatic nitrogens is 2. The number of aryl methyl sites for hydroxylation is 1. The van der Waals surface area contributed by atoms with E-state index >= 15 is 0 Å². The molecule has 1 aromatic carbocycles. The lowest BCUT2D eigenvalue weighted by molar-refractivity contribution is 0.0988. The SMILES string of the molecule is Cc1cc(C(=O)N(C)c2ccccc2)nc(NCCC(C)C)n1. The fourth-order valence-corrected chi connectivity index (χ4v) is 2.17. The van der Waals surface area contributed by atoms with Crippen LogP contribution in [-0.4, -0.2) is 29.5 Å². The summed E-state index contributed by atoms with van der Waals surface area (Å²) in [6.07, 6.45) is 1.03. The number of hydrogen-bond donors (Lipinski definition) is 1. The van der Waals surface area contributed by atoms with E-state index in [1.54, 1.807) is 18.0 Å². The average Bonchev–Trinajstić information content (AvgIpc) is 2.53. The summed E-state index contributed by atoms with van der Waals surface area (Å²) in [6.45, 7) is 7.00. The maximum atomic E-state index is 12.6. The Balaban J connectivity index is 2.15. The summed E-state index contributed by atoms with van der Waals surface area (Å²) < 4.78 is 0. The predicted octanol–water partition coefficient (Wildman–Crippen LogP) is 3.52. The Morgan fingerprint density at radius 1 is 1.22 bits per heavy atom. The van der Waals surface area contributed by atoms with E-state index in [0.29, 0.717) is 17.6 Å². The fourth-order valence-electron chi connectivity index (χ4n) is 2.17. The molecule has 1 amide bonds. The highest BCUT2D eigenvalue weighted by Gasteiger charge is 2.16. The molecule has 0 unspecified atom stereocenters. The van der Waals surface area contributed by atoms with Gasteiger partial charge >= 0.3 is 0 Å². The minimum absolute atomic E-state index is 0.145. The molecule has 5 nitrogen and oxygen atoms in total. The minimum Gasteiger partial charge on any atom is -0.354 e. The van der Waals surface area contributed by atoms with Crippen LogP contribution in [0.15, 0.2) is 36.4 Å². The second kappa shape index (κ2) is 7.72. The molecular weight excluding hydrogens is 288 g/mol. The summed E-state index contributed by atoms with van der Waals surface area (Å²) in [4.78, 5) is 23.0. The van der Waals surface area contributed by atoms with Gasteiger partial charge in [0.2, 0.25) is 5.95 Å². The van der Waals surface area contributed by atoms with Gasteiger partial charge in [-0.3, -0.25) is 4.79 Å². The van der Waals surface area contributed by atoms with E-state index in [2.05, 4.69) is 29.1 Å². The quantitative estimate of drug-likeness (QED) is 0.886. The second-order valence-corrected chi connectivity index (χ2v) is 6.03. The van der Waals surface area contributed by atoms with Crippen LogP contribution in [0.25, 0.3) is 0 Å². The van der Waals surface area contributed by atoms with Gasteiger partial charge in [-0.1, -0.05) is 32.0 Å². The molecule has 5 heteroatoms. The molecule has 0 saturated heterocycles. The van der Waals surface area contributed by atoms with Crippen molar-refractivity contribution < 1.29 is 4.79 Å². The number of hydrogen-bond acceptors (Lipinski definition) is 4. The lowest BCUT2D eigenvalue weighted by Gasteiger charge is -2.17. The highest BCUT2D eigenvalue weighted by Crippen LogP contribution is 2.15. The summed E-state index contributed by atoms with van der Waals surface area (Å²) in [6, 6.07) is 11.2. The van der Waals surface area contributed by atoms with Gasteiger partial charge < -0.3 is 10.2 Å². The molecule has 0 aliphatic carbocycles. The van der Waals surface area contributed by atoms with Crippen LogP contribution in [-0.2, 0) is 0 Å². The Kier molecular flexibility index (Phi) is 5.68. The predicted molar refractivity (Wildman–Crippen MR) is 93.9 cm³/mol. The van der Waals surface area contributed by atoms with Crippen LogP contribution in [0.1, 0.15) is 36.5 Å². The van der Waals surface area contributed by atoms with Crippen LogP contribution in [0, 0.1) is 12.8 Å². The van der Waals surface area contributed by atoms with Crippen molar-refractivity contribution >= 4 is 17.5 Å². The van der Waals surface area contributed by atoms with E-state index in [0.717, 1.165) is 24.3 Å². The molecule has 1 N–H and O–H groups in total. The first-order valence-electron chi connectivity index (χ1n) is 7.90. The molecule has 2 aromatic rings. The molecule has 0 bridgehead atoms. The molecule has 1 aromatic heterocycles. The maximum absolute atomic E-state index is 12.6. The second-order valence-electron chi connectivity index (χ2n) is 6.03. The molecule has 23 heavy (non-hydrogen) atoms. The van der Waals surface area contributed by atoms with Crippen LogP contribution in [0.2, 0.25) is 0 Å². The number of rotatable bonds is 6. The largest absolute Gasteiger partial charge is 0.354 e. The molecule has 1 heterocycles. The number of amides is 1. The molecule has 0 fully saturated rings. The third-order valence-corrected chi connectivity index (χ3v) is 3.53. The normalized spacial score (nSPS) is 10.7. The van der Waals surface area contributed by atoms with Crippen LogP contribution in [0.3, 0.4) is 0 Å². The number of carbonyl (C=O) groups is 1. The zero-order valence-electron chi connectivity index (χ0n) is 14.2. The van der Waals surface area contributed by atoms with Crippen molar-refractivity contribution in [3.05, 3.63) is 47.8 Å². The van der Waals surface area contributed by atoms with Crippen LogP contribution < -0.4 is 10.2 Å². The number of benzene rings is 1. The van der Waals surface area contributed by atoms with Gasteiger partial charge in [0, 0.05) is 25.0 Å². The fraction of sp³-hybridized carbons (Fsp3) is 0.389. The summed E-state index contributed by atoms with van der Waals surface area (Å²) in [5.74, 6) is 0.974. The van der Waals surface area contributed by atoms with Gasteiger partial charge in [-0.2, -0.15) is 0 Å². The van der Waals surface area contributed by atoms with Crippen LogP contribution in [0.5, 0.6) is 0 Å². The first kappa shape index (κ1) is 16.9. The van der Waals surface area contributed by atoms with E-state index < -0.39 is 0 Å². The van der Waals surface area contributed by atoms with Crippen molar-refractivity contribution in [1.82, 2.24) is 9.97 Å². The monoisotopic (exact) mass is 312 g/mol. The smallest absolute Gasteiger partial charge is 0.276 e. The minimum atomic E-state index is -0.145. The zero-order chi connectivity index (χ0) is 16.8.